The van der Waals surface area contributed by atoms with E-state index in [1.54, 1.807) is 11.8 Å². The van der Waals surface area contributed by atoms with Gasteiger partial charge in [-0.1, -0.05) is 0 Å². The van der Waals surface area contributed by atoms with Gasteiger partial charge in [0.05, 0.1) is 26.0 Å². The Labute approximate surface area is 196 Å². The van der Waals surface area contributed by atoms with Gasteiger partial charge < -0.3 is 28.9 Å². The van der Waals surface area contributed by atoms with Crippen molar-refractivity contribution in [2.45, 2.75) is 19.5 Å². The number of carbonyl (C=O) groups is 1. The number of morpholine rings is 1. The minimum Gasteiger partial charge on any atom is -0.497 e. The molecule has 0 aliphatic carbocycles. The molecule has 1 aromatic carbocycles. The first-order valence-corrected chi connectivity index (χ1v) is 11.0. The van der Waals surface area contributed by atoms with Crippen LogP contribution in [0.2, 0.25) is 0 Å². The molecular weight excluding hydrogens is 455 g/mol. The van der Waals surface area contributed by atoms with Crippen LogP contribution in [0.3, 0.4) is 0 Å². The van der Waals surface area contributed by atoms with E-state index in [0.29, 0.717) is 58.3 Å². The second-order valence-corrected chi connectivity index (χ2v) is 7.90. The number of ether oxygens (including phenoxy) is 3. The standard InChI is InChI=1S/C22H28F3N5O4/c1-16(28-4-3-5-29(7-6-28)21(31)30-8-10-33-11-9-30)27-19-12-17(32-2)13-20(18(19)14-26)34-15-22(23,24)25/h12-13H,3-11,15H2,1-2H3. The number of amidine groups is 1. The summed E-state index contributed by atoms with van der Waals surface area (Å²) >= 11 is 0. The van der Waals surface area contributed by atoms with E-state index in [2.05, 4.69) is 4.99 Å². The number of halogens is 3. The molecule has 3 rings (SSSR count). The fraction of sp³-hybridized carbons (Fsp3) is 0.591. The van der Waals surface area contributed by atoms with Gasteiger partial charge in [0.1, 0.15) is 29.0 Å². The van der Waals surface area contributed by atoms with Gasteiger partial charge in [-0.15, -0.1) is 0 Å². The fourth-order valence-electron chi connectivity index (χ4n) is 3.80. The normalized spacial score (nSPS) is 17.8. The highest BCUT2D eigenvalue weighted by atomic mass is 19.4. The molecule has 0 unspecified atom stereocenters. The summed E-state index contributed by atoms with van der Waals surface area (Å²) in [5, 5.41) is 9.59. The Morgan fingerprint density at radius 1 is 1.12 bits per heavy atom. The number of nitriles is 1. The second kappa shape index (κ2) is 11.3. The lowest BCUT2D eigenvalue weighted by atomic mass is 10.1. The van der Waals surface area contributed by atoms with Crippen molar-refractivity contribution in [3.8, 4) is 17.6 Å². The molecule has 9 nitrogen and oxygen atoms in total. The van der Waals surface area contributed by atoms with Gasteiger partial charge in [-0.25, -0.2) is 9.79 Å². The summed E-state index contributed by atoms with van der Waals surface area (Å²) in [6.07, 6.45) is -3.82. The third-order valence-corrected chi connectivity index (χ3v) is 5.58. The Morgan fingerprint density at radius 3 is 2.41 bits per heavy atom. The molecule has 0 atom stereocenters. The summed E-state index contributed by atoms with van der Waals surface area (Å²) < 4.78 is 53.3. The van der Waals surface area contributed by atoms with Crippen molar-refractivity contribution in [3.63, 3.8) is 0 Å². The van der Waals surface area contributed by atoms with Crippen LogP contribution in [-0.2, 0) is 4.74 Å². The van der Waals surface area contributed by atoms with Crippen molar-refractivity contribution in [3.05, 3.63) is 17.7 Å². The van der Waals surface area contributed by atoms with Gasteiger partial charge in [-0.3, -0.25) is 0 Å². The Hall–Kier alpha value is -3.20. The Balaban J connectivity index is 1.75. The molecular formula is C22H28F3N5O4. The number of hydrogen-bond acceptors (Lipinski definition) is 6. The summed E-state index contributed by atoms with van der Waals surface area (Å²) in [5.41, 5.74) is 0.0466. The first-order chi connectivity index (χ1) is 16.2. The minimum atomic E-state index is -4.55. The van der Waals surface area contributed by atoms with Crippen LogP contribution in [0.25, 0.3) is 0 Å². The Morgan fingerprint density at radius 2 is 1.76 bits per heavy atom. The van der Waals surface area contributed by atoms with Crippen LogP contribution in [0.15, 0.2) is 17.1 Å². The number of alkyl halides is 3. The van der Waals surface area contributed by atoms with E-state index in [1.165, 1.54) is 19.2 Å². The Bertz CT molecular complexity index is 942. The smallest absolute Gasteiger partial charge is 0.422 e. The second-order valence-electron chi connectivity index (χ2n) is 7.90. The molecule has 0 spiro atoms. The van der Waals surface area contributed by atoms with E-state index in [9.17, 15) is 23.2 Å². The average Bonchev–Trinajstić information content (AvgIpc) is 3.08. The molecule has 34 heavy (non-hydrogen) atoms. The highest BCUT2D eigenvalue weighted by molar-refractivity contribution is 5.84. The van der Waals surface area contributed by atoms with Crippen molar-refractivity contribution < 1.29 is 32.2 Å². The molecule has 12 heteroatoms. The summed E-state index contributed by atoms with van der Waals surface area (Å²) in [5.74, 6) is 0.553. The molecule has 186 valence electrons. The highest BCUT2D eigenvalue weighted by Crippen LogP contribution is 2.35. The van der Waals surface area contributed by atoms with E-state index < -0.39 is 12.8 Å². The molecule has 2 saturated heterocycles. The molecule has 0 saturated carbocycles. The zero-order valence-corrected chi connectivity index (χ0v) is 19.2. The predicted octanol–water partition coefficient (Wildman–Crippen LogP) is 3.02. The van der Waals surface area contributed by atoms with E-state index in [-0.39, 0.29) is 28.8 Å². The number of benzene rings is 1. The average molecular weight is 483 g/mol. The summed E-state index contributed by atoms with van der Waals surface area (Å²) in [6.45, 7) is 4.74. The van der Waals surface area contributed by atoms with Crippen molar-refractivity contribution in [2.24, 2.45) is 4.99 Å². The van der Waals surface area contributed by atoms with Gasteiger partial charge in [0, 0.05) is 51.4 Å². The van der Waals surface area contributed by atoms with Gasteiger partial charge in [-0.2, -0.15) is 18.4 Å². The van der Waals surface area contributed by atoms with Crippen LogP contribution in [0, 0.1) is 11.3 Å². The van der Waals surface area contributed by atoms with Crippen LogP contribution >= 0.6 is 0 Å². The van der Waals surface area contributed by atoms with Crippen molar-refractivity contribution in [2.75, 3.05) is 66.2 Å². The predicted molar refractivity (Wildman–Crippen MR) is 118 cm³/mol. The van der Waals surface area contributed by atoms with E-state index in [4.69, 9.17) is 14.2 Å². The summed E-state index contributed by atoms with van der Waals surface area (Å²) in [4.78, 5) is 22.9. The van der Waals surface area contributed by atoms with Crippen molar-refractivity contribution >= 4 is 17.6 Å². The molecule has 1 aromatic rings. The third-order valence-electron chi connectivity index (χ3n) is 5.58. The van der Waals surface area contributed by atoms with Gasteiger partial charge >= 0.3 is 12.2 Å². The molecule has 0 bridgehead atoms. The number of urea groups is 1. The number of methoxy groups -OCH3 is 1. The minimum absolute atomic E-state index is 0.00856. The monoisotopic (exact) mass is 483 g/mol. The molecule has 0 radical (unpaired) electrons. The van der Waals surface area contributed by atoms with Crippen LogP contribution in [-0.4, -0.2) is 98.9 Å². The number of aliphatic imine (C=N–C) groups is 1. The van der Waals surface area contributed by atoms with Crippen LogP contribution in [0.1, 0.15) is 18.9 Å². The van der Waals surface area contributed by atoms with Crippen LogP contribution in [0.4, 0.5) is 23.7 Å². The number of nitrogens with zero attached hydrogens (tertiary/aromatic N) is 5. The van der Waals surface area contributed by atoms with Gasteiger partial charge in [0.25, 0.3) is 0 Å². The molecule has 2 amide bonds. The molecule has 0 N–H and O–H groups in total. The largest absolute Gasteiger partial charge is 0.497 e. The van der Waals surface area contributed by atoms with E-state index in [0.717, 1.165) is 6.42 Å². The van der Waals surface area contributed by atoms with Gasteiger partial charge in [0.15, 0.2) is 6.61 Å². The number of rotatable bonds is 4. The highest BCUT2D eigenvalue weighted by Gasteiger charge is 2.30. The SMILES string of the molecule is COc1cc(N=C(C)N2CCCN(C(=O)N3CCOCC3)CC2)c(C#N)c(OCC(F)(F)F)c1. The molecule has 2 aliphatic rings. The Kier molecular flexibility index (Phi) is 8.44. The quantitative estimate of drug-likeness (QED) is 0.483. The summed E-state index contributed by atoms with van der Waals surface area (Å²) in [7, 11) is 1.37. The van der Waals surface area contributed by atoms with E-state index >= 15 is 0 Å². The van der Waals surface area contributed by atoms with Crippen LogP contribution in [0.5, 0.6) is 11.5 Å². The molecule has 2 aliphatic heterocycles. The third kappa shape index (κ3) is 6.66. The lowest BCUT2D eigenvalue weighted by Gasteiger charge is -2.32. The van der Waals surface area contributed by atoms with Crippen molar-refractivity contribution in [1.82, 2.24) is 14.7 Å². The molecule has 0 aromatic heterocycles. The topological polar surface area (TPSA) is 90.6 Å². The van der Waals surface area contributed by atoms with Crippen molar-refractivity contribution in [1.29, 1.82) is 5.26 Å². The first-order valence-electron chi connectivity index (χ1n) is 11.0. The summed E-state index contributed by atoms with van der Waals surface area (Å²) in [6, 6.07) is 4.60. The number of hydrogen-bond donors (Lipinski definition) is 0. The first kappa shape index (κ1) is 25.4. The molecule has 2 fully saturated rings. The zero-order chi connectivity index (χ0) is 24.7. The van der Waals surface area contributed by atoms with E-state index in [1.807, 2.05) is 15.9 Å². The van der Waals surface area contributed by atoms with Gasteiger partial charge in [-0.05, 0) is 13.3 Å². The molecule has 2 heterocycles. The lowest BCUT2D eigenvalue weighted by Crippen LogP contribution is -2.49. The zero-order valence-electron chi connectivity index (χ0n) is 19.2. The maximum atomic E-state index is 12.8. The maximum Gasteiger partial charge on any atom is 0.422 e. The number of carbonyl (C=O) groups excluding carboxylic acids is 1. The maximum absolute atomic E-state index is 12.8. The van der Waals surface area contributed by atoms with Crippen LogP contribution < -0.4 is 9.47 Å². The lowest BCUT2D eigenvalue weighted by molar-refractivity contribution is -0.153. The fourth-order valence-corrected chi connectivity index (χ4v) is 3.80. The number of amides is 2. The van der Waals surface area contributed by atoms with Gasteiger partial charge in [0.2, 0.25) is 0 Å².